The van der Waals surface area contributed by atoms with E-state index in [1.54, 1.807) is 0 Å². The van der Waals surface area contributed by atoms with Gasteiger partial charge in [-0.05, 0) is 30.7 Å². The van der Waals surface area contributed by atoms with E-state index >= 15 is 0 Å². The highest BCUT2D eigenvalue weighted by molar-refractivity contribution is 5.57. The normalized spacial score (nSPS) is 12.7. The van der Waals surface area contributed by atoms with Gasteiger partial charge in [0.05, 0.1) is 17.8 Å². The van der Waals surface area contributed by atoms with Crippen LogP contribution in [0.3, 0.4) is 0 Å². The van der Waals surface area contributed by atoms with Crippen LogP contribution in [0.4, 0.5) is 0 Å². The van der Waals surface area contributed by atoms with Gasteiger partial charge in [-0.15, -0.1) is 0 Å². The Hall–Kier alpha value is -2.13. The van der Waals surface area contributed by atoms with Crippen molar-refractivity contribution in [2.75, 3.05) is 6.54 Å². The van der Waals surface area contributed by atoms with E-state index in [2.05, 4.69) is 59.8 Å². The van der Waals surface area contributed by atoms with Crippen molar-refractivity contribution >= 4 is 5.52 Å². The summed E-state index contributed by atoms with van der Waals surface area (Å²) >= 11 is 0. The van der Waals surface area contributed by atoms with Crippen molar-refractivity contribution in [1.82, 2.24) is 14.9 Å². The van der Waals surface area contributed by atoms with Gasteiger partial charge in [-0.1, -0.05) is 43.3 Å². The predicted molar refractivity (Wildman–Crippen MR) is 81.8 cm³/mol. The number of hydrogen-bond acceptors (Lipinski definition) is 2. The first-order valence-corrected chi connectivity index (χ1v) is 7.10. The first kappa shape index (κ1) is 12.9. The molecule has 0 aliphatic rings. The maximum atomic E-state index is 4.45. The Bertz CT molecular complexity index is 673. The Morgan fingerprint density at radius 3 is 2.70 bits per heavy atom. The molecule has 0 fully saturated rings. The van der Waals surface area contributed by atoms with Gasteiger partial charge in [0, 0.05) is 11.8 Å². The molecule has 2 heterocycles. The summed E-state index contributed by atoms with van der Waals surface area (Å²) in [5, 5.41) is 8.08. The summed E-state index contributed by atoms with van der Waals surface area (Å²) in [6, 6.07) is 16.9. The fraction of sp³-hybridized carbons (Fsp3) is 0.235. The molecule has 3 rings (SSSR count). The van der Waals surface area contributed by atoms with Crippen LogP contribution in [0.1, 0.15) is 30.5 Å². The van der Waals surface area contributed by atoms with Crippen LogP contribution in [-0.4, -0.2) is 16.2 Å². The van der Waals surface area contributed by atoms with E-state index < -0.39 is 0 Å². The molecule has 0 amide bonds. The largest absolute Gasteiger partial charge is 0.306 e. The van der Waals surface area contributed by atoms with Crippen LogP contribution in [-0.2, 0) is 0 Å². The Morgan fingerprint density at radius 2 is 1.90 bits per heavy atom. The van der Waals surface area contributed by atoms with Gasteiger partial charge in [0.15, 0.2) is 0 Å². The number of fused-ring (bicyclic) bond motifs is 1. The molecular formula is C17H19N3. The van der Waals surface area contributed by atoms with Crippen molar-refractivity contribution < 1.29 is 0 Å². The number of rotatable bonds is 5. The summed E-state index contributed by atoms with van der Waals surface area (Å²) in [5.41, 5.74) is 3.66. The number of nitrogens with one attached hydrogen (secondary N) is 1. The summed E-state index contributed by atoms with van der Waals surface area (Å²) < 4.78 is 1.93. The van der Waals surface area contributed by atoms with Crippen molar-refractivity contribution in [3.63, 3.8) is 0 Å². The van der Waals surface area contributed by atoms with Crippen molar-refractivity contribution in [1.29, 1.82) is 0 Å². The fourth-order valence-electron chi connectivity index (χ4n) is 2.52. The highest BCUT2D eigenvalue weighted by Crippen LogP contribution is 2.25. The molecule has 3 aromatic rings. The molecule has 1 unspecified atom stereocenters. The molecule has 0 aliphatic carbocycles. The first-order chi connectivity index (χ1) is 9.90. The van der Waals surface area contributed by atoms with Crippen LogP contribution in [0.25, 0.3) is 5.52 Å². The molecule has 102 valence electrons. The average molecular weight is 265 g/mol. The molecule has 1 N–H and O–H groups in total. The van der Waals surface area contributed by atoms with E-state index in [1.165, 1.54) is 11.1 Å². The van der Waals surface area contributed by atoms with Crippen LogP contribution >= 0.6 is 0 Å². The molecule has 0 bridgehead atoms. The number of benzene rings is 1. The fourth-order valence-corrected chi connectivity index (χ4v) is 2.52. The lowest BCUT2D eigenvalue weighted by Crippen LogP contribution is -2.23. The average Bonchev–Trinajstić information content (AvgIpc) is 2.93. The number of hydrogen-bond donors (Lipinski definition) is 1. The molecule has 3 nitrogen and oxygen atoms in total. The molecule has 0 radical (unpaired) electrons. The molecule has 3 heteroatoms. The topological polar surface area (TPSA) is 29.3 Å². The maximum Gasteiger partial charge on any atom is 0.0712 e. The standard InChI is InChI=1S/C17H19N3/c1-2-11-18-17(14-8-4-3-5-9-14)15-13-19-20-12-7-6-10-16(15)20/h3-10,12-13,17-18H,2,11H2,1H3. The maximum absolute atomic E-state index is 4.45. The summed E-state index contributed by atoms with van der Waals surface area (Å²) in [4.78, 5) is 0. The second-order valence-electron chi connectivity index (χ2n) is 4.93. The third-order valence-electron chi connectivity index (χ3n) is 3.50. The van der Waals surface area contributed by atoms with Gasteiger partial charge in [0.2, 0.25) is 0 Å². The minimum atomic E-state index is 0.191. The number of nitrogens with zero attached hydrogens (tertiary/aromatic N) is 2. The SMILES string of the molecule is CCCNC(c1ccccc1)c1cnn2ccccc12. The van der Waals surface area contributed by atoms with Gasteiger partial charge in [0.25, 0.3) is 0 Å². The van der Waals surface area contributed by atoms with Gasteiger partial charge in [-0.3, -0.25) is 0 Å². The van der Waals surface area contributed by atoms with Gasteiger partial charge >= 0.3 is 0 Å². The summed E-state index contributed by atoms with van der Waals surface area (Å²) in [5.74, 6) is 0. The van der Waals surface area contributed by atoms with Gasteiger partial charge in [-0.25, -0.2) is 4.52 Å². The van der Waals surface area contributed by atoms with E-state index in [-0.39, 0.29) is 6.04 Å². The van der Waals surface area contributed by atoms with Crippen molar-refractivity contribution in [3.05, 3.63) is 72.1 Å². The number of aromatic nitrogens is 2. The van der Waals surface area contributed by atoms with Gasteiger partial charge < -0.3 is 5.32 Å². The third-order valence-corrected chi connectivity index (χ3v) is 3.50. The third kappa shape index (κ3) is 2.45. The molecular weight excluding hydrogens is 246 g/mol. The Morgan fingerprint density at radius 1 is 1.10 bits per heavy atom. The van der Waals surface area contributed by atoms with E-state index in [9.17, 15) is 0 Å². The molecule has 1 atom stereocenters. The van der Waals surface area contributed by atoms with E-state index in [1.807, 2.05) is 23.0 Å². The van der Waals surface area contributed by atoms with Crippen molar-refractivity contribution in [2.45, 2.75) is 19.4 Å². The highest BCUT2D eigenvalue weighted by atomic mass is 15.2. The lowest BCUT2D eigenvalue weighted by atomic mass is 10.00. The highest BCUT2D eigenvalue weighted by Gasteiger charge is 2.17. The monoisotopic (exact) mass is 265 g/mol. The van der Waals surface area contributed by atoms with E-state index in [4.69, 9.17) is 0 Å². The predicted octanol–water partition coefficient (Wildman–Crippen LogP) is 3.42. The minimum absolute atomic E-state index is 0.191. The Kier molecular flexibility index (Phi) is 3.79. The van der Waals surface area contributed by atoms with Gasteiger partial charge in [-0.2, -0.15) is 5.10 Å². The van der Waals surface area contributed by atoms with E-state index in [0.717, 1.165) is 18.5 Å². The van der Waals surface area contributed by atoms with E-state index in [0.29, 0.717) is 0 Å². The minimum Gasteiger partial charge on any atom is -0.306 e. The summed E-state index contributed by atoms with van der Waals surface area (Å²) in [6.07, 6.45) is 5.07. The van der Waals surface area contributed by atoms with Gasteiger partial charge in [0.1, 0.15) is 0 Å². The molecule has 0 saturated heterocycles. The van der Waals surface area contributed by atoms with Crippen molar-refractivity contribution in [2.24, 2.45) is 0 Å². The molecule has 0 aliphatic heterocycles. The van der Waals surface area contributed by atoms with Crippen LogP contribution in [0, 0.1) is 0 Å². The van der Waals surface area contributed by atoms with Crippen LogP contribution in [0.2, 0.25) is 0 Å². The Labute approximate surface area is 119 Å². The zero-order valence-electron chi connectivity index (χ0n) is 11.7. The van der Waals surface area contributed by atoms with Crippen LogP contribution in [0.5, 0.6) is 0 Å². The molecule has 20 heavy (non-hydrogen) atoms. The summed E-state index contributed by atoms with van der Waals surface area (Å²) in [7, 11) is 0. The summed E-state index contributed by atoms with van der Waals surface area (Å²) in [6.45, 7) is 3.18. The molecule has 0 saturated carbocycles. The zero-order chi connectivity index (χ0) is 13.8. The lowest BCUT2D eigenvalue weighted by Gasteiger charge is -2.18. The molecule has 2 aromatic heterocycles. The quantitative estimate of drug-likeness (QED) is 0.766. The lowest BCUT2D eigenvalue weighted by molar-refractivity contribution is 0.601. The smallest absolute Gasteiger partial charge is 0.0712 e. The zero-order valence-corrected chi connectivity index (χ0v) is 11.7. The first-order valence-electron chi connectivity index (χ1n) is 7.10. The second kappa shape index (κ2) is 5.88. The molecule has 0 spiro atoms. The van der Waals surface area contributed by atoms with Crippen LogP contribution < -0.4 is 5.32 Å². The second-order valence-corrected chi connectivity index (χ2v) is 4.93. The van der Waals surface area contributed by atoms with Crippen molar-refractivity contribution in [3.8, 4) is 0 Å². The number of pyridine rings is 1. The van der Waals surface area contributed by atoms with Crippen LogP contribution in [0.15, 0.2) is 60.9 Å². The molecule has 1 aromatic carbocycles. The Balaban J connectivity index is 2.05.